The molecule has 1 aromatic heterocycles. The van der Waals surface area contributed by atoms with Gasteiger partial charge in [-0.15, -0.1) is 0 Å². The van der Waals surface area contributed by atoms with Crippen LogP contribution in [0, 0.1) is 16.7 Å². The number of esters is 1. The van der Waals surface area contributed by atoms with Gasteiger partial charge in [0.1, 0.15) is 5.75 Å². The Bertz CT molecular complexity index is 856. The number of hydrogen-bond donors (Lipinski definition) is 0. The van der Waals surface area contributed by atoms with E-state index in [-0.39, 0.29) is 0 Å². The van der Waals surface area contributed by atoms with Gasteiger partial charge < -0.3 is 4.74 Å². The largest absolute Gasteiger partial charge is 0.425 e. The third-order valence-corrected chi connectivity index (χ3v) is 5.79. The van der Waals surface area contributed by atoms with E-state index in [0.717, 1.165) is 24.0 Å². The molecule has 0 saturated carbocycles. The van der Waals surface area contributed by atoms with Gasteiger partial charge in [-0.2, -0.15) is 5.26 Å². The quantitative estimate of drug-likeness (QED) is 0.180. The maximum absolute atomic E-state index is 12.4. The van der Waals surface area contributed by atoms with Gasteiger partial charge in [0.2, 0.25) is 0 Å². The molecular weight excluding hydrogens is 398 g/mol. The number of rotatable bonds is 14. The van der Waals surface area contributed by atoms with Crippen molar-refractivity contribution in [2.45, 2.75) is 91.4 Å². The molecule has 5 heteroatoms. The summed E-state index contributed by atoms with van der Waals surface area (Å²) >= 11 is 0. The number of nitriles is 1. The zero-order valence-electron chi connectivity index (χ0n) is 19.9. The zero-order valence-corrected chi connectivity index (χ0v) is 19.9. The Morgan fingerprint density at radius 2 is 1.53 bits per heavy atom. The molecule has 0 aliphatic carbocycles. The van der Waals surface area contributed by atoms with Gasteiger partial charge >= 0.3 is 5.97 Å². The van der Waals surface area contributed by atoms with Crippen LogP contribution in [0.3, 0.4) is 0 Å². The van der Waals surface area contributed by atoms with Gasteiger partial charge in [-0.25, -0.2) is 14.8 Å². The number of carbonyl (C=O) groups is 1. The second-order valence-electron chi connectivity index (χ2n) is 8.75. The first-order valence-electron chi connectivity index (χ1n) is 12.1. The van der Waals surface area contributed by atoms with Crippen LogP contribution < -0.4 is 4.74 Å². The van der Waals surface area contributed by atoms with Crippen molar-refractivity contribution >= 4 is 5.97 Å². The van der Waals surface area contributed by atoms with Crippen LogP contribution >= 0.6 is 0 Å². The highest BCUT2D eigenvalue weighted by Gasteiger charge is 2.34. The molecule has 0 amide bonds. The molecule has 0 aliphatic heterocycles. The van der Waals surface area contributed by atoms with Gasteiger partial charge in [-0.1, -0.05) is 65.2 Å². The molecule has 5 nitrogen and oxygen atoms in total. The Hall–Kier alpha value is -2.74. The number of nitrogens with zero attached hydrogens (tertiary/aromatic N) is 3. The molecule has 1 atom stereocenters. The van der Waals surface area contributed by atoms with E-state index < -0.39 is 11.4 Å². The van der Waals surface area contributed by atoms with Crippen LogP contribution in [0.5, 0.6) is 5.75 Å². The Kier molecular flexibility index (Phi) is 10.9. The lowest BCUT2D eigenvalue weighted by atomic mass is 9.87. The molecule has 0 saturated heterocycles. The van der Waals surface area contributed by atoms with Crippen LogP contribution in [0.1, 0.15) is 90.5 Å². The fourth-order valence-electron chi connectivity index (χ4n) is 3.69. The van der Waals surface area contributed by atoms with Crippen LogP contribution in [-0.2, 0) is 11.2 Å². The number of hydrogen-bond acceptors (Lipinski definition) is 5. The van der Waals surface area contributed by atoms with Crippen molar-refractivity contribution in [1.82, 2.24) is 9.97 Å². The summed E-state index contributed by atoms with van der Waals surface area (Å²) < 4.78 is 5.42. The van der Waals surface area contributed by atoms with Gasteiger partial charge in [0, 0.05) is 18.0 Å². The third-order valence-electron chi connectivity index (χ3n) is 5.79. The highest BCUT2D eigenvalue weighted by molar-refractivity contribution is 5.81. The van der Waals surface area contributed by atoms with Crippen molar-refractivity contribution < 1.29 is 9.53 Å². The first-order chi connectivity index (χ1) is 15.5. The molecule has 32 heavy (non-hydrogen) atoms. The maximum atomic E-state index is 12.4. The SMILES string of the molecule is CCCCCCCCCCc1cnc(-c2ccc(OC(=O)C(C)(C#N)CCC)cc2)nc1. The van der Waals surface area contributed by atoms with Gasteiger partial charge in [-0.05, 0) is 56.0 Å². The summed E-state index contributed by atoms with van der Waals surface area (Å²) in [6.45, 7) is 5.81. The summed E-state index contributed by atoms with van der Waals surface area (Å²) in [5.41, 5.74) is 0.901. The number of unbranched alkanes of at least 4 members (excludes halogenated alkanes) is 7. The molecule has 1 unspecified atom stereocenters. The molecule has 2 aromatic rings. The molecule has 172 valence electrons. The molecule has 2 rings (SSSR count). The molecule has 0 bridgehead atoms. The Morgan fingerprint density at radius 1 is 0.938 bits per heavy atom. The van der Waals surface area contributed by atoms with Crippen LogP contribution in [0.15, 0.2) is 36.7 Å². The summed E-state index contributed by atoms with van der Waals surface area (Å²) in [6, 6.07) is 9.18. The van der Waals surface area contributed by atoms with Crippen molar-refractivity contribution in [3.63, 3.8) is 0 Å². The van der Waals surface area contributed by atoms with Crippen LogP contribution in [0.4, 0.5) is 0 Å². The lowest BCUT2D eigenvalue weighted by Crippen LogP contribution is -2.30. The number of aromatic nitrogens is 2. The van der Waals surface area contributed by atoms with Gasteiger partial charge in [-0.3, -0.25) is 0 Å². The minimum atomic E-state index is -1.12. The highest BCUT2D eigenvalue weighted by atomic mass is 16.5. The van der Waals surface area contributed by atoms with E-state index in [1.807, 2.05) is 31.5 Å². The topological polar surface area (TPSA) is 75.9 Å². The molecule has 1 aromatic carbocycles. The Balaban J connectivity index is 1.82. The summed E-state index contributed by atoms with van der Waals surface area (Å²) in [4.78, 5) is 21.4. The molecule has 0 radical (unpaired) electrons. The summed E-state index contributed by atoms with van der Waals surface area (Å²) in [5, 5.41) is 9.33. The number of carbonyl (C=O) groups excluding carboxylic acids is 1. The van der Waals surface area contributed by atoms with Gasteiger partial charge in [0.15, 0.2) is 11.2 Å². The summed E-state index contributed by atoms with van der Waals surface area (Å²) in [5.74, 6) is 0.550. The molecule has 0 aliphatic rings. The first kappa shape index (κ1) is 25.5. The first-order valence-corrected chi connectivity index (χ1v) is 12.1. The average molecular weight is 436 g/mol. The molecule has 1 heterocycles. The van der Waals surface area contributed by atoms with Crippen LogP contribution in [0.25, 0.3) is 11.4 Å². The van der Waals surface area contributed by atoms with E-state index in [1.165, 1.54) is 51.4 Å². The van der Waals surface area contributed by atoms with E-state index >= 15 is 0 Å². The van der Waals surface area contributed by atoms with Crippen molar-refractivity contribution in [2.75, 3.05) is 0 Å². The average Bonchev–Trinajstić information content (AvgIpc) is 2.82. The fraction of sp³-hybridized carbons (Fsp3) is 0.556. The van der Waals surface area contributed by atoms with Crippen molar-refractivity contribution in [3.8, 4) is 23.2 Å². The van der Waals surface area contributed by atoms with Crippen molar-refractivity contribution in [3.05, 3.63) is 42.2 Å². The van der Waals surface area contributed by atoms with Crippen molar-refractivity contribution in [1.29, 1.82) is 5.26 Å². The monoisotopic (exact) mass is 435 g/mol. The van der Waals surface area contributed by atoms with Crippen LogP contribution in [0.2, 0.25) is 0 Å². The van der Waals surface area contributed by atoms with Crippen LogP contribution in [-0.4, -0.2) is 15.9 Å². The lowest BCUT2D eigenvalue weighted by Gasteiger charge is -2.18. The minimum absolute atomic E-state index is 0.419. The maximum Gasteiger partial charge on any atom is 0.331 e. The zero-order chi connectivity index (χ0) is 23.2. The number of ether oxygens (including phenoxy) is 1. The lowest BCUT2D eigenvalue weighted by molar-refractivity contribution is -0.142. The predicted molar refractivity (Wildman–Crippen MR) is 128 cm³/mol. The highest BCUT2D eigenvalue weighted by Crippen LogP contribution is 2.26. The summed E-state index contributed by atoms with van der Waals surface area (Å²) in [6.07, 6.45) is 16.5. The van der Waals surface area contributed by atoms with E-state index in [9.17, 15) is 10.1 Å². The van der Waals surface area contributed by atoms with E-state index in [0.29, 0.717) is 18.0 Å². The van der Waals surface area contributed by atoms with E-state index in [1.54, 1.807) is 19.1 Å². The fourth-order valence-corrected chi connectivity index (χ4v) is 3.69. The van der Waals surface area contributed by atoms with E-state index in [2.05, 4.69) is 23.0 Å². The molecular formula is C27H37N3O2. The number of benzene rings is 1. The van der Waals surface area contributed by atoms with Crippen molar-refractivity contribution in [2.24, 2.45) is 5.41 Å². The second-order valence-corrected chi connectivity index (χ2v) is 8.75. The Morgan fingerprint density at radius 3 is 2.09 bits per heavy atom. The minimum Gasteiger partial charge on any atom is -0.425 e. The smallest absolute Gasteiger partial charge is 0.331 e. The summed E-state index contributed by atoms with van der Waals surface area (Å²) in [7, 11) is 0. The third kappa shape index (κ3) is 8.07. The number of aryl methyl sites for hydroxylation is 1. The Labute approximate surface area is 193 Å². The predicted octanol–water partition coefficient (Wildman–Crippen LogP) is 7.06. The second kappa shape index (κ2) is 13.6. The molecule has 0 fully saturated rings. The van der Waals surface area contributed by atoms with Gasteiger partial charge in [0.25, 0.3) is 0 Å². The molecule has 0 spiro atoms. The van der Waals surface area contributed by atoms with E-state index in [4.69, 9.17) is 4.74 Å². The standard InChI is InChI=1S/C27H37N3O2/c1-4-6-7-8-9-10-11-12-13-22-19-29-25(30-20-22)23-14-16-24(17-15-23)32-26(31)27(3,21-28)18-5-2/h14-17,19-20H,4-13,18H2,1-3H3. The normalized spacial score (nSPS) is 12.7. The van der Waals surface area contributed by atoms with Gasteiger partial charge in [0.05, 0.1) is 6.07 Å². The molecule has 0 N–H and O–H groups in total.